The van der Waals surface area contributed by atoms with Crippen LogP contribution in [0.25, 0.3) is 0 Å². The molecule has 2 aromatic heterocycles. The molecule has 0 spiro atoms. The Kier molecular flexibility index (Phi) is 10.6. The number of halogens is 2. The summed E-state index contributed by atoms with van der Waals surface area (Å²) < 4.78 is 32.7. The Bertz CT molecular complexity index is 1240. The van der Waals surface area contributed by atoms with Gasteiger partial charge in [0.15, 0.2) is 0 Å². The number of carboxylic acid groups (broad SMARTS) is 1. The van der Waals surface area contributed by atoms with Crippen LogP contribution < -0.4 is 15.4 Å². The molecule has 4 rings (SSSR count). The SMILES string of the molecule is Cc1cnc(N[C@@H](CCN(CCCCc2ccc3c(n2)NCCC3)CCOc2cc(F)cc(F)c2)C(=O)O)nc1. The Morgan fingerprint density at radius 1 is 1.12 bits per heavy atom. The van der Waals surface area contributed by atoms with Gasteiger partial charge in [-0.25, -0.2) is 28.5 Å². The molecule has 9 nitrogen and oxygen atoms in total. The van der Waals surface area contributed by atoms with Gasteiger partial charge in [-0.2, -0.15) is 0 Å². The number of hydrogen-bond acceptors (Lipinski definition) is 8. The molecule has 0 radical (unpaired) electrons. The van der Waals surface area contributed by atoms with Crippen LogP contribution in [0.4, 0.5) is 20.5 Å². The number of ether oxygens (including phenoxy) is 1. The van der Waals surface area contributed by atoms with Crippen molar-refractivity contribution in [3.05, 3.63) is 71.2 Å². The molecule has 0 saturated carbocycles. The van der Waals surface area contributed by atoms with Crippen molar-refractivity contribution >= 4 is 17.7 Å². The van der Waals surface area contributed by atoms with Gasteiger partial charge in [-0.15, -0.1) is 0 Å². The lowest BCUT2D eigenvalue weighted by molar-refractivity contribution is -0.138. The second-order valence-corrected chi connectivity index (χ2v) is 10.0. The van der Waals surface area contributed by atoms with Crippen LogP contribution in [-0.4, -0.2) is 69.8 Å². The number of rotatable bonds is 15. The highest BCUT2D eigenvalue weighted by Crippen LogP contribution is 2.20. The molecule has 11 heteroatoms. The van der Waals surface area contributed by atoms with E-state index in [-0.39, 0.29) is 18.3 Å². The third-order valence-corrected chi connectivity index (χ3v) is 6.74. The molecule has 1 aliphatic heterocycles. The van der Waals surface area contributed by atoms with E-state index < -0.39 is 23.6 Å². The number of aliphatic carboxylic acids is 1. The van der Waals surface area contributed by atoms with Gasteiger partial charge < -0.3 is 20.5 Å². The molecule has 0 bridgehead atoms. The first-order valence-corrected chi connectivity index (χ1v) is 13.7. The number of aryl methyl sites for hydroxylation is 3. The van der Waals surface area contributed by atoms with Crippen LogP contribution in [0.5, 0.6) is 5.75 Å². The smallest absolute Gasteiger partial charge is 0.326 e. The first kappa shape index (κ1) is 29.1. The molecule has 3 N–H and O–H groups in total. The maximum Gasteiger partial charge on any atom is 0.326 e. The van der Waals surface area contributed by atoms with Crippen molar-refractivity contribution in [3.8, 4) is 5.75 Å². The molecule has 214 valence electrons. The Balaban J connectivity index is 1.31. The van der Waals surface area contributed by atoms with Gasteiger partial charge in [0.1, 0.15) is 35.9 Å². The number of nitrogens with one attached hydrogen (secondary N) is 2. The lowest BCUT2D eigenvalue weighted by Crippen LogP contribution is -2.37. The van der Waals surface area contributed by atoms with Crippen LogP contribution in [0.1, 0.15) is 42.5 Å². The fourth-order valence-electron chi connectivity index (χ4n) is 4.58. The quantitative estimate of drug-likeness (QED) is 0.234. The fourth-order valence-corrected chi connectivity index (χ4v) is 4.58. The van der Waals surface area contributed by atoms with Crippen molar-refractivity contribution in [3.63, 3.8) is 0 Å². The summed E-state index contributed by atoms with van der Waals surface area (Å²) in [5, 5.41) is 16.0. The molecule has 3 heterocycles. The van der Waals surface area contributed by atoms with E-state index in [9.17, 15) is 18.7 Å². The molecule has 1 atom stereocenters. The van der Waals surface area contributed by atoms with E-state index in [2.05, 4.69) is 37.6 Å². The summed E-state index contributed by atoms with van der Waals surface area (Å²) in [5.41, 5.74) is 3.19. The Morgan fingerprint density at radius 2 is 1.90 bits per heavy atom. The number of pyridine rings is 1. The molecular formula is C29H36F2N6O3. The van der Waals surface area contributed by atoms with Crippen LogP contribution in [0.2, 0.25) is 0 Å². The van der Waals surface area contributed by atoms with Crippen molar-refractivity contribution < 1.29 is 23.4 Å². The van der Waals surface area contributed by atoms with Crippen LogP contribution in [0, 0.1) is 18.6 Å². The Labute approximate surface area is 233 Å². The second kappa shape index (κ2) is 14.5. The summed E-state index contributed by atoms with van der Waals surface area (Å²) in [5.74, 6) is -1.04. The van der Waals surface area contributed by atoms with Gasteiger partial charge in [-0.1, -0.05) is 6.07 Å². The molecule has 1 aromatic carbocycles. The van der Waals surface area contributed by atoms with Crippen LogP contribution in [-0.2, 0) is 17.6 Å². The average Bonchev–Trinajstić information content (AvgIpc) is 2.93. The zero-order valence-corrected chi connectivity index (χ0v) is 22.7. The summed E-state index contributed by atoms with van der Waals surface area (Å²) in [6.07, 6.45) is 8.35. The van der Waals surface area contributed by atoms with E-state index in [1.165, 1.54) is 5.56 Å². The van der Waals surface area contributed by atoms with Crippen LogP contribution in [0.3, 0.4) is 0 Å². The van der Waals surface area contributed by atoms with Gasteiger partial charge in [0, 0.05) is 55.9 Å². The maximum absolute atomic E-state index is 13.5. The molecule has 3 aromatic rings. The van der Waals surface area contributed by atoms with E-state index in [0.29, 0.717) is 26.1 Å². The van der Waals surface area contributed by atoms with E-state index in [1.807, 2.05) is 6.92 Å². The zero-order chi connectivity index (χ0) is 28.3. The highest BCUT2D eigenvalue weighted by Gasteiger charge is 2.20. The fraction of sp³-hybridized carbons (Fsp3) is 0.448. The summed E-state index contributed by atoms with van der Waals surface area (Å²) in [6.45, 7) is 4.65. The monoisotopic (exact) mass is 554 g/mol. The van der Waals surface area contributed by atoms with Gasteiger partial charge in [0.25, 0.3) is 0 Å². The standard InChI is InChI=1S/C29H36F2N6O3/c1-20-18-33-29(34-19-20)36-26(28(38)39)9-12-37(13-14-40-25-16-22(30)15-23(31)17-25)11-3-2-6-24-8-7-21-5-4-10-32-27(21)35-24/h7-8,15-19,26H,2-6,9-14H2,1H3,(H,32,35)(H,38,39)(H,33,34,36)/t26-/m0/s1. The topological polar surface area (TPSA) is 112 Å². The van der Waals surface area contributed by atoms with Crippen molar-refractivity contribution in [1.82, 2.24) is 19.9 Å². The third-order valence-electron chi connectivity index (χ3n) is 6.74. The third kappa shape index (κ3) is 9.11. The minimum Gasteiger partial charge on any atom is -0.492 e. The van der Waals surface area contributed by atoms with E-state index in [0.717, 1.165) is 73.9 Å². The largest absolute Gasteiger partial charge is 0.492 e. The zero-order valence-electron chi connectivity index (χ0n) is 22.7. The number of aromatic nitrogens is 3. The van der Waals surface area contributed by atoms with Gasteiger partial charge in [0.2, 0.25) is 5.95 Å². The molecule has 40 heavy (non-hydrogen) atoms. The Morgan fingerprint density at radius 3 is 2.65 bits per heavy atom. The predicted molar refractivity (Wildman–Crippen MR) is 149 cm³/mol. The van der Waals surface area contributed by atoms with Gasteiger partial charge in [-0.05, 0) is 69.2 Å². The number of benzene rings is 1. The highest BCUT2D eigenvalue weighted by atomic mass is 19.1. The number of hydrogen-bond donors (Lipinski definition) is 3. The molecule has 0 fully saturated rings. The van der Waals surface area contributed by atoms with Crippen molar-refractivity contribution in [2.45, 2.75) is 51.5 Å². The van der Waals surface area contributed by atoms with Crippen LogP contribution >= 0.6 is 0 Å². The van der Waals surface area contributed by atoms with E-state index in [1.54, 1.807) is 12.4 Å². The van der Waals surface area contributed by atoms with Gasteiger partial charge >= 0.3 is 5.97 Å². The van der Waals surface area contributed by atoms with Crippen molar-refractivity contribution in [1.29, 1.82) is 0 Å². The number of carbonyl (C=O) groups is 1. The maximum atomic E-state index is 13.5. The predicted octanol–water partition coefficient (Wildman–Crippen LogP) is 4.48. The minimum atomic E-state index is -0.997. The van der Waals surface area contributed by atoms with Gasteiger partial charge in [0.05, 0.1) is 0 Å². The minimum absolute atomic E-state index is 0.117. The Hall–Kier alpha value is -3.86. The molecule has 0 saturated heterocycles. The van der Waals surface area contributed by atoms with Crippen molar-refractivity contribution in [2.75, 3.05) is 43.4 Å². The number of carboxylic acids is 1. The molecule has 0 unspecified atom stereocenters. The molecule has 0 aliphatic carbocycles. The van der Waals surface area contributed by atoms with Gasteiger partial charge in [-0.3, -0.25) is 4.90 Å². The summed E-state index contributed by atoms with van der Waals surface area (Å²) >= 11 is 0. The summed E-state index contributed by atoms with van der Waals surface area (Å²) in [6, 6.07) is 6.43. The first-order valence-electron chi connectivity index (χ1n) is 13.7. The van der Waals surface area contributed by atoms with E-state index in [4.69, 9.17) is 9.72 Å². The number of nitrogens with zero attached hydrogens (tertiary/aromatic N) is 4. The average molecular weight is 555 g/mol. The number of anilines is 2. The normalized spacial score (nSPS) is 13.4. The highest BCUT2D eigenvalue weighted by molar-refractivity contribution is 5.76. The first-order chi connectivity index (χ1) is 19.4. The second-order valence-electron chi connectivity index (χ2n) is 10.0. The number of unbranched alkanes of at least 4 members (excludes halogenated alkanes) is 1. The van der Waals surface area contributed by atoms with Crippen molar-refractivity contribution in [2.24, 2.45) is 0 Å². The van der Waals surface area contributed by atoms with E-state index >= 15 is 0 Å². The molecule has 1 aliphatic rings. The summed E-state index contributed by atoms with van der Waals surface area (Å²) in [7, 11) is 0. The van der Waals surface area contributed by atoms with Crippen LogP contribution in [0.15, 0.2) is 42.7 Å². The molecular weight excluding hydrogens is 518 g/mol. The lowest BCUT2D eigenvalue weighted by atomic mass is 10.1. The number of fused-ring (bicyclic) bond motifs is 1. The lowest BCUT2D eigenvalue weighted by Gasteiger charge is -2.24. The molecule has 0 amide bonds. The summed E-state index contributed by atoms with van der Waals surface area (Å²) in [4.78, 5) is 27.1.